The van der Waals surface area contributed by atoms with Crippen molar-refractivity contribution in [2.75, 3.05) is 0 Å². The van der Waals surface area contributed by atoms with Crippen molar-refractivity contribution in [2.24, 2.45) is 26.4 Å². The molecule has 9 nitrogen and oxygen atoms in total. The van der Waals surface area contributed by atoms with Gasteiger partial charge in [0.15, 0.2) is 0 Å². The van der Waals surface area contributed by atoms with Gasteiger partial charge in [-0.15, -0.1) is 10.2 Å². The van der Waals surface area contributed by atoms with Crippen LogP contribution in [0.2, 0.25) is 0 Å². The van der Waals surface area contributed by atoms with E-state index in [1.54, 1.807) is 42.5 Å². The van der Waals surface area contributed by atoms with Crippen LogP contribution in [0.4, 0.5) is 17.1 Å². The van der Waals surface area contributed by atoms with Gasteiger partial charge in [-0.3, -0.25) is 4.55 Å². The summed E-state index contributed by atoms with van der Waals surface area (Å²) in [4.78, 5) is -0.317. The third kappa shape index (κ3) is 3.86. The first-order chi connectivity index (χ1) is 12.9. The van der Waals surface area contributed by atoms with Crippen LogP contribution in [0.3, 0.4) is 0 Å². The molecule has 0 radical (unpaired) electrons. The Morgan fingerprint density at radius 3 is 2.22 bits per heavy atom. The van der Waals surface area contributed by atoms with E-state index >= 15 is 0 Å². The average Bonchev–Trinajstić information content (AvgIpc) is 2.67. The van der Waals surface area contributed by atoms with E-state index in [2.05, 4.69) is 20.6 Å². The highest BCUT2D eigenvalue weighted by atomic mass is 32.2. The quantitative estimate of drug-likeness (QED) is 0.196. The van der Waals surface area contributed by atoms with Crippen molar-refractivity contribution in [3.8, 4) is 0 Å². The smallest absolute Gasteiger partial charge is 0.295 e. The molecule has 27 heavy (non-hydrogen) atoms. The molecule has 0 aliphatic heterocycles. The first kappa shape index (κ1) is 18.3. The molecule has 0 aliphatic carbocycles. The third-order valence-electron chi connectivity index (χ3n) is 3.73. The fraction of sp³-hybridized carbons (Fsp3) is 0. The molecule has 4 N–H and O–H groups in total. The standard InChI is InChI=1S/C17H14N6O3S/c18-10-11-5-7-12(8-6-11)20-21-15-9-16(27(24,25)26)13-3-1-2-4-14(13)17(15)22-23-19/h1-10,18H,(H2,19,22)(H,24,25,26). The molecule has 3 rings (SSSR count). The van der Waals surface area contributed by atoms with Crippen LogP contribution >= 0.6 is 0 Å². The number of hydrogen-bond donors (Lipinski definition) is 3. The van der Waals surface area contributed by atoms with Crippen LogP contribution in [0, 0.1) is 5.41 Å². The zero-order valence-electron chi connectivity index (χ0n) is 13.8. The summed E-state index contributed by atoms with van der Waals surface area (Å²) in [5.41, 5.74) is 1.48. The molecule has 0 aromatic heterocycles. The van der Waals surface area contributed by atoms with Crippen molar-refractivity contribution < 1.29 is 13.0 Å². The summed E-state index contributed by atoms with van der Waals surface area (Å²) in [6.45, 7) is 0. The molecule has 0 bridgehead atoms. The normalized spacial score (nSPS) is 12.2. The zero-order valence-corrected chi connectivity index (χ0v) is 14.6. The lowest BCUT2D eigenvalue weighted by Crippen LogP contribution is -1.99. The summed E-state index contributed by atoms with van der Waals surface area (Å²) in [6, 6.07) is 14.3. The molecule has 0 saturated carbocycles. The SMILES string of the molecule is N=Cc1ccc(N=Nc2cc(S(=O)(=O)O)c3ccccc3c2N=NN)cc1. The van der Waals surface area contributed by atoms with E-state index in [1.807, 2.05) is 0 Å². The van der Waals surface area contributed by atoms with Gasteiger partial charge in [0, 0.05) is 17.0 Å². The van der Waals surface area contributed by atoms with E-state index in [-0.39, 0.29) is 21.7 Å². The Balaban J connectivity index is 2.22. The molecule has 0 unspecified atom stereocenters. The third-order valence-corrected chi connectivity index (χ3v) is 4.62. The highest BCUT2D eigenvalue weighted by Crippen LogP contribution is 2.40. The van der Waals surface area contributed by atoms with Gasteiger partial charge in [-0.05, 0) is 23.8 Å². The van der Waals surface area contributed by atoms with Crippen molar-refractivity contribution in [1.29, 1.82) is 5.41 Å². The average molecular weight is 382 g/mol. The minimum atomic E-state index is -4.51. The van der Waals surface area contributed by atoms with Gasteiger partial charge in [-0.2, -0.15) is 13.5 Å². The van der Waals surface area contributed by atoms with Gasteiger partial charge in [0.25, 0.3) is 10.1 Å². The number of benzene rings is 3. The Morgan fingerprint density at radius 1 is 0.963 bits per heavy atom. The maximum Gasteiger partial charge on any atom is 0.295 e. The fourth-order valence-corrected chi connectivity index (χ4v) is 3.23. The van der Waals surface area contributed by atoms with E-state index < -0.39 is 10.1 Å². The van der Waals surface area contributed by atoms with Crippen molar-refractivity contribution in [3.05, 3.63) is 60.2 Å². The minimum Gasteiger partial charge on any atom is -0.308 e. The maximum absolute atomic E-state index is 11.8. The summed E-state index contributed by atoms with van der Waals surface area (Å²) >= 11 is 0. The molecule has 0 spiro atoms. The Kier molecular flexibility index (Phi) is 5.01. The van der Waals surface area contributed by atoms with Crippen molar-refractivity contribution in [1.82, 2.24) is 0 Å². The second-order valence-electron chi connectivity index (χ2n) is 5.41. The number of rotatable bonds is 5. The van der Waals surface area contributed by atoms with E-state index in [9.17, 15) is 13.0 Å². The first-order valence-electron chi connectivity index (χ1n) is 7.60. The number of fused-ring (bicyclic) bond motifs is 1. The molecule has 0 atom stereocenters. The molecule has 3 aromatic carbocycles. The second kappa shape index (κ2) is 7.40. The van der Waals surface area contributed by atoms with Crippen LogP contribution in [-0.4, -0.2) is 19.2 Å². The summed E-state index contributed by atoms with van der Waals surface area (Å²) in [5, 5.41) is 23.1. The molecule has 0 fully saturated rings. The minimum absolute atomic E-state index is 0.0756. The highest BCUT2D eigenvalue weighted by Gasteiger charge is 2.19. The number of nitrogens with zero attached hydrogens (tertiary/aromatic N) is 4. The van der Waals surface area contributed by atoms with Gasteiger partial charge in [-0.1, -0.05) is 41.6 Å². The van der Waals surface area contributed by atoms with E-state index in [0.29, 0.717) is 16.6 Å². The van der Waals surface area contributed by atoms with Gasteiger partial charge in [0.1, 0.15) is 16.3 Å². The monoisotopic (exact) mass is 382 g/mol. The van der Waals surface area contributed by atoms with E-state index in [0.717, 1.165) is 6.07 Å². The van der Waals surface area contributed by atoms with Crippen LogP contribution in [0.15, 0.2) is 80.1 Å². The molecule has 136 valence electrons. The Hall–Kier alpha value is -3.50. The lowest BCUT2D eigenvalue weighted by Gasteiger charge is -2.08. The van der Waals surface area contributed by atoms with Crippen LogP contribution in [0.5, 0.6) is 0 Å². The maximum atomic E-state index is 11.8. The van der Waals surface area contributed by atoms with Gasteiger partial charge in [0.2, 0.25) is 0 Å². The molecule has 10 heteroatoms. The number of azo groups is 1. The fourth-order valence-electron chi connectivity index (χ4n) is 2.51. The second-order valence-corrected chi connectivity index (χ2v) is 6.80. The number of nitrogens with two attached hydrogens (primary N) is 1. The Labute approximate surface area is 154 Å². The van der Waals surface area contributed by atoms with Crippen LogP contribution < -0.4 is 5.84 Å². The largest absolute Gasteiger partial charge is 0.308 e. The van der Waals surface area contributed by atoms with Gasteiger partial charge < -0.3 is 11.3 Å². The van der Waals surface area contributed by atoms with Crippen molar-refractivity contribution >= 4 is 44.2 Å². The summed E-state index contributed by atoms with van der Waals surface area (Å²) in [5.74, 6) is 5.18. The summed E-state index contributed by atoms with van der Waals surface area (Å²) in [7, 11) is -4.51. The highest BCUT2D eigenvalue weighted by molar-refractivity contribution is 7.86. The van der Waals surface area contributed by atoms with Crippen molar-refractivity contribution in [2.45, 2.75) is 4.90 Å². The van der Waals surface area contributed by atoms with Crippen LogP contribution in [0.25, 0.3) is 10.8 Å². The summed E-state index contributed by atoms with van der Waals surface area (Å²) in [6.07, 6.45) is 1.20. The summed E-state index contributed by atoms with van der Waals surface area (Å²) < 4.78 is 33.2. The lowest BCUT2D eigenvalue weighted by atomic mass is 10.1. The van der Waals surface area contributed by atoms with Gasteiger partial charge in [0.05, 0.1) is 5.69 Å². The van der Waals surface area contributed by atoms with Crippen LogP contribution in [-0.2, 0) is 10.1 Å². The predicted molar refractivity (Wildman–Crippen MR) is 101 cm³/mol. The molecule has 3 aromatic rings. The Bertz CT molecular complexity index is 1170. The van der Waals surface area contributed by atoms with Gasteiger partial charge >= 0.3 is 0 Å². The molecular weight excluding hydrogens is 368 g/mol. The topological polar surface area (TPSA) is 154 Å². The molecule has 0 aliphatic rings. The number of hydrogen-bond acceptors (Lipinski definition) is 7. The lowest BCUT2D eigenvalue weighted by molar-refractivity contribution is 0.484. The molecular formula is C17H14N6O3S. The van der Waals surface area contributed by atoms with Crippen LogP contribution in [0.1, 0.15) is 5.56 Å². The molecule has 0 amide bonds. The Morgan fingerprint density at radius 2 is 1.63 bits per heavy atom. The van der Waals surface area contributed by atoms with Gasteiger partial charge in [-0.25, -0.2) is 0 Å². The zero-order chi connectivity index (χ0) is 19.4. The predicted octanol–water partition coefficient (Wildman–Crippen LogP) is 4.46. The van der Waals surface area contributed by atoms with E-state index in [1.165, 1.54) is 12.3 Å². The molecule has 0 saturated heterocycles. The van der Waals surface area contributed by atoms with E-state index in [4.69, 9.17) is 11.3 Å². The van der Waals surface area contributed by atoms with Crippen molar-refractivity contribution in [3.63, 3.8) is 0 Å². The number of nitrogens with one attached hydrogen (secondary N) is 1. The first-order valence-corrected chi connectivity index (χ1v) is 9.04. The molecule has 0 heterocycles.